The monoisotopic (exact) mass is 573 g/mol. The minimum Gasteiger partial charge on any atom is -0.333 e. The molecule has 4 aromatic rings. The van der Waals surface area contributed by atoms with Crippen LogP contribution in [-0.4, -0.2) is 26.9 Å². The van der Waals surface area contributed by atoms with Gasteiger partial charge in [-0.25, -0.2) is 0 Å². The van der Waals surface area contributed by atoms with Crippen molar-refractivity contribution in [2.75, 3.05) is 6.54 Å². The fourth-order valence-electron chi connectivity index (χ4n) is 5.20. The Morgan fingerprint density at radius 1 is 0.829 bits per heavy atom. The smallest absolute Gasteiger partial charge is 0.333 e. The Morgan fingerprint density at radius 2 is 1.46 bits per heavy atom. The summed E-state index contributed by atoms with van der Waals surface area (Å²) in [7, 11) is 0. The van der Waals surface area contributed by atoms with Crippen LogP contribution in [0.5, 0.6) is 0 Å². The van der Waals surface area contributed by atoms with Crippen molar-refractivity contribution in [1.29, 1.82) is 0 Å². The molecule has 0 unspecified atom stereocenters. The molecule has 5 nitrogen and oxygen atoms in total. The topological polar surface area (TPSA) is 55.2 Å². The molecule has 0 fully saturated rings. The highest BCUT2D eigenvalue weighted by Gasteiger charge is 2.37. The average molecular weight is 574 g/mol. The number of aryl methyl sites for hydroxylation is 1. The van der Waals surface area contributed by atoms with Crippen molar-refractivity contribution in [3.63, 3.8) is 0 Å². The summed E-state index contributed by atoms with van der Waals surface area (Å²) in [6, 6.07) is 11.9. The Morgan fingerprint density at radius 3 is 2.10 bits per heavy atom. The number of carbonyl (C=O) groups excluding carboxylic acids is 1. The van der Waals surface area contributed by atoms with E-state index >= 15 is 0 Å². The first kappa shape index (κ1) is 28.4. The molecule has 0 saturated carbocycles. The standard InChI is InChI=1S/C30H25F6N3O2/c1-18-7-9-20(10-8-18)24-23-6-5-11-37-25(23)27(40)39-13-4-2-3-12-38(28(41)26(24)39)17-19-14-21(29(31,32)33)16-22(15-19)30(34,35)36/h5-11,14-16H,2-4,12-13,17H2,1H3. The fraction of sp³-hybridized carbons (Fsp3) is 0.300. The third-order valence-corrected chi connectivity index (χ3v) is 7.19. The van der Waals surface area contributed by atoms with Gasteiger partial charge in [-0.1, -0.05) is 35.9 Å². The van der Waals surface area contributed by atoms with Gasteiger partial charge in [0.05, 0.1) is 11.1 Å². The highest BCUT2D eigenvalue weighted by Crippen LogP contribution is 2.37. The Hall–Kier alpha value is -4.15. The Balaban J connectivity index is 1.71. The molecule has 1 amide bonds. The van der Waals surface area contributed by atoms with Crippen LogP contribution >= 0.6 is 0 Å². The second-order valence-electron chi connectivity index (χ2n) is 10.1. The molecule has 41 heavy (non-hydrogen) atoms. The summed E-state index contributed by atoms with van der Waals surface area (Å²) in [5, 5.41) is 0.429. The summed E-state index contributed by atoms with van der Waals surface area (Å²) in [5.41, 5.74) is -1.48. The molecule has 0 saturated heterocycles. The van der Waals surface area contributed by atoms with Crippen LogP contribution < -0.4 is 5.56 Å². The zero-order valence-electron chi connectivity index (χ0n) is 21.9. The quantitative estimate of drug-likeness (QED) is 0.243. The highest BCUT2D eigenvalue weighted by atomic mass is 19.4. The van der Waals surface area contributed by atoms with Crippen molar-refractivity contribution >= 4 is 16.8 Å². The Bertz CT molecular complexity index is 1640. The lowest BCUT2D eigenvalue weighted by Crippen LogP contribution is -2.36. The molecule has 0 N–H and O–H groups in total. The van der Waals surface area contributed by atoms with Crippen LogP contribution in [0.2, 0.25) is 0 Å². The van der Waals surface area contributed by atoms with Crippen LogP contribution in [0.15, 0.2) is 65.6 Å². The van der Waals surface area contributed by atoms with Crippen LogP contribution in [0.3, 0.4) is 0 Å². The van der Waals surface area contributed by atoms with Gasteiger partial charge < -0.3 is 9.47 Å². The maximum Gasteiger partial charge on any atom is 0.416 e. The number of alkyl halides is 6. The Kier molecular flexibility index (Phi) is 7.39. The molecule has 3 heterocycles. The minimum absolute atomic E-state index is 0.0317. The van der Waals surface area contributed by atoms with Gasteiger partial charge in [-0.05, 0) is 61.6 Å². The number of halogens is 6. The number of benzene rings is 2. The van der Waals surface area contributed by atoms with Gasteiger partial charge in [0.2, 0.25) is 0 Å². The van der Waals surface area contributed by atoms with Gasteiger partial charge in [0.15, 0.2) is 0 Å². The molecule has 0 atom stereocenters. The van der Waals surface area contributed by atoms with Gasteiger partial charge in [-0.3, -0.25) is 14.6 Å². The third-order valence-electron chi connectivity index (χ3n) is 7.19. The molecule has 214 valence electrons. The molecule has 0 radical (unpaired) electrons. The molecule has 1 aliphatic heterocycles. The van der Waals surface area contributed by atoms with Crippen LogP contribution in [0.1, 0.15) is 52.0 Å². The van der Waals surface area contributed by atoms with Gasteiger partial charge in [0.1, 0.15) is 11.2 Å². The first-order valence-electron chi connectivity index (χ1n) is 13.0. The molecule has 1 aliphatic rings. The lowest BCUT2D eigenvalue weighted by Gasteiger charge is -2.26. The van der Waals surface area contributed by atoms with E-state index in [1.807, 2.05) is 19.1 Å². The van der Waals surface area contributed by atoms with E-state index in [-0.39, 0.29) is 35.9 Å². The SMILES string of the molecule is Cc1ccc(-c2c3n(c(=O)c4ncccc24)CCCCCN(Cc2cc(C(F)(F)F)cc(C(F)(F)F)c2)C3=O)cc1. The van der Waals surface area contributed by atoms with Gasteiger partial charge >= 0.3 is 12.4 Å². The Labute approximate surface area is 231 Å². The zero-order chi connectivity index (χ0) is 29.5. The number of hydrogen-bond donors (Lipinski definition) is 0. The predicted octanol–water partition coefficient (Wildman–Crippen LogP) is 7.24. The van der Waals surface area contributed by atoms with Crippen molar-refractivity contribution in [3.05, 3.63) is 99.1 Å². The van der Waals surface area contributed by atoms with E-state index < -0.39 is 41.5 Å². The largest absolute Gasteiger partial charge is 0.416 e. The second-order valence-corrected chi connectivity index (χ2v) is 10.1. The van der Waals surface area contributed by atoms with E-state index in [9.17, 15) is 35.9 Å². The molecule has 11 heteroatoms. The van der Waals surface area contributed by atoms with Crippen molar-refractivity contribution in [2.24, 2.45) is 0 Å². The first-order valence-corrected chi connectivity index (χ1v) is 13.0. The van der Waals surface area contributed by atoms with Gasteiger partial charge in [0.25, 0.3) is 11.5 Å². The average Bonchev–Trinajstić information content (AvgIpc) is 2.99. The third kappa shape index (κ3) is 5.71. The summed E-state index contributed by atoms with van der Waals surface area (Å²) >= 11 is 0. The van der Waals surface area contributed by atoms with Crippen molar-refractivity contribution < 1.29 is 31.1 Å². The number of aromatic nitrogens is 2. The lowest BCUT2D eigenvalue weighted by atomic mass is 9.96. The van der Waals surface area contributed by atoms with E-state index in [1.54, 1.807) is 24.3 Å². The summed E-state index contributed by atoms with van der Waals surface area (Å²) in [5.74, 6) is -0.656. The number of pyridine rings is 2. The number of carbonyl (C=O) groups is 1. The number of amides is 1. The van der Waals surface area contributed by atoms with Crippen molar-refractivity contribution in [3.8, 4) is 11.1 Å². The zero-order valence-corrected chi connectivity index (χ0v) is 21.9. The lowest BCUT2D eigenvalue weighted by molar-refractivity contribution is -0.143. The van der Waals surface area contributed by atoms with E-state index in [4.69, 9.17) is 0 Å². The molecular formula is C30H25F6N3O2. The van der Waals surface area contributed by atoms with Crippen LogP contribution in [-0.2, 0) is 25.4 Å². The van der Waals surface area contributed by atoms with Crippen molar-refractivity contribution in [1.82, 2.24) is 14.5 Å². The van der Waals surface area contributed by atoms with E-state index in [0.717, 1.165) is 5.56 Å². The number of nitrogens with zero attached hydrogens (tertiary/aromatic N) is 3. The molecular weight excluding hydrogens is 548 g/mol. The van der Waals surface area contributed by atoms with E-state index in [2.05, 4.69) is 4.98 Å². The van der Waals surface area contributed by atoms with Gasteiger partial charge in [0, 0.05) is 36.8 Å². The number of hydrogen-bond acceptors (Lipinski definition) is 3. The summed E-state index contributed by atoms with van der Waals surface area (Å²) in [6.45, 7) is 1.69. The van der Waals surface area contributed by atoms with Crippen molar-refractivity contribution in [2.45, 2.75) is 51.6 Å². The fourth-order valence-corrected chi connectivity index (χ4v) is 5.20. The molecule has 2 aromatic heterocycles. The predicted molar refractivity (Wildman–Crippen MR) is 141 cm³/mol. The molecule has 2 aromatic carbocycles. The molecule has 5 rings (SSSR count). The highest BCUT2D eigenvalue weighted by molar-refractivity contribution is 6.07. The van der Waals surface area contributed by atoms with Crippen LogP contribution in [0.25, 0.3) is 22.0 Å². The van der Waals surface area contributed by atoms with E-state index in [1.165, 1.54) is 15.7 Å². The first-order chi connectivity index (χ1) is 19.3. The normalized spacial score (nSPS) is 14.9. The van der Waals surface area contributed by atoms with Crippen LogP contribution in [0.4, 0.5) is 26.3 Å². The molecule has 0 spiro atoms. The van der Waals surface area contributed by atoms with Gasteiger partial charge in [-0.2, -0.15) is 26.3 Å². The maximum atomic E-state index is 14.3. The molecule has 0 aliphatic carbocycles. The minimum atomic E-state index is -5.02. The summed E-state index contributed by atoms with van der Waals surface area (Å²) < 4.78 is 82.5. The number of rotatable bonds is 3. The summed E-state index contributed by atoms with van der Waals surface area (Å²) in [4.78, 5) is 33.4. The second kappa shape index (κ2) is 10.7. The molecule has 0 bridgehead atoms. The summed E-state index contributed by atoms with van der Waals surface area (Å²) in [6.07, 6.45) is -6.97. The van der Waals surface area contributed by atoms with E-state index in [0.29, 0.717) is 47.9 Å². The maximum absolute atomic E-state index is 14.3. The van der Waals surface area contributed by atoms with Crippen LogP contribution in [0, 0.1) is 6.92 Å². The van der Waals surface area contributed by atoms with Gasteiger partial charge in [-0.15, -0.1) is 0 Å². The number of fused-ring (bicyclic) bond motifs is 2.